The number of carbonyl (C=O) groups is 1. The van der Waals surface area contributed by atoms with Crippen LogP contribution in [0.2, 0.25) is 0 Å². The van der Waals surface area contributed by atoms with Crippen molar-refractivity contribution in [2.75, 3.05) is 32.7 Å². The minimum Gasteiger partial charge on any atom is -0.335 e. The molecule has 0 radical (unpaired) electrons. The molecule has 0 aliphatic carbocycles. The number of hydrogen-bond acceptors (Lipinski definition) is 3. The van der Waals surface area contributed by atoms with E-state index in [0.717, 1.165) is 38.4 Å². The molecule has 1 saturated heterocycles. The lowest BCUT2D eigenvalue weighted by Crippen LogP contribution is -2.49. The van der Waals surface area contributed by atoms with E-state index < -0.39 is 0 Å². The van der Waals surface area contributed by atoms with Crippen molar-refractivity contribution in [3.63, 3.8) is 0 Å². The van der Waals surface area contributed by atoms with Crippen LogP contribution in [-0.4, -0.2) is 53.4 Å². The van der Waals surface area contributed by atoms with E-state index >= 15 is 0 Å². The van der Waals surface area contributed by atoms with E-state index in [4.69, 9.17) is 0 Å². The summed E-state index contributed by atoms with van der Waals surface area (Å²) in [6.07, 6.45) is 0. The van der Waals surface area contributed by atoms with E-state index in [0.29, 0.717) is 11.6 Å². The second kappa shape index (κ2) is 6.15. The summed E-state index contributed by atoms with van der Waals surface area (Å²) < 4.78 is 0. The Bertz CT molecular complexity index is 437. The second-order valence-electron chi connectivity index (χ2n) is 5.65. The fourth-order valence-corrected chi connectivity index (χ4v) is 2.47. The van der Waals surface area contributed by atoms with Crippen LogP contribution in [0.4, 0.5) is 0 Å². The van der Waals surface area contributed by atoms with E-state index in [1.165, 1.54) is 0 Å². The van der Waals surface area contributed by atoms with Crippen LogP contribution in [0.25, 0.3) is 0 Å². The normalized spacial score (nSPS) is 16.9. The maximum Gasteiger partial charge on any atom is 0.272 e. The standard InChI is InChI=1S/C15H23N3O/c1-12(2)11-17-7-9-18(10-8-17)15(19)14-6-4-5-13(3)16-14/h4-6,12H,7-11H2,1-3H3. The molecular formula is C15H23N3O. The highest BCUT2D eigenvalue weighted by molar-refractivity contribution is 5.92. The first-order valence-electron chi connectivity index (χ1n) is 7.01. The lowest BCUT2D eigenvalue weighted by atomic mass is 10.2. The fourth-order valence-electron chi connectivity index (χ4n) is 2.47. The zero-order chi connectivity index (χ0) is 13.8. The molecule has 19 heavy (non-hydrogen) atoms. The van der Waals surface area contributed by atoms with Gasteiger partial charge in [0.1, 0.15) is 5.69 Å². The molecule has 1 aliphatic rings. The van der Waals surface area contributed by atoms with Crippen molar-refractivity contribution in [1.82, 2.24) is 14.8 Å². The van der Waals surface area contributed by atoms with Crippen LogP contribution in [0.5, 0.6) is 0 Å². The largest absolute Gasteiger partial charge is 0.335 e. The van der Waals surface area contributed by atoms with E-state index in [1.54, 1.807) is 6.07 Å². The molecule has 1 amide bonds. The van der Waals surface area contributed by atoms with Gasteiger partial charge in [0.05, 0.1) is 0 Å². The molecule has 2 rings (SSSR count). The fraction of sp³-hybridized carbons (Fsp3) is 0.600. The van der Waals surface area contributed by atoms with Crippen LogP contribution in [0, 0.1) is 12.8 Å². The highest BCUT2D eigenvalue weighted by Gasteiger charge is 2.22. The van der Waals surface area contributed by atoms with Gasteiger partial charge in [0.25, 0.3) is 5.91 Å². The van der Waals surface area contributed by atoms with Crippen LogP contribution in [0.1, 0.15) is 30.0 Å². The zero-order valence-corrected chi connectivity index (χ0v) is 12.1. The second-order valence-corrected chi connectivity index (χ2v) is 5.65. The average molecular weight is 261 g/mol. The third-order valence-electron chi connectivity index (χ3n) is 3.39. The molecule has 4 heteroatoms. The molecule has 2 heterocycles. The van der Waals surface area contributed by atoms with Gasteiger partial charge in [-0.3, -0.25) is 9.69 Å². The number of hydrogen-bond donors (Lipinski definition) is 0. The number of nitrogens with zero attached hydrogens (tertiary/aromatic N) is 3. The summed E-state index contributed by atoms with van der Waals surface area (Å²) in [5.74, 6) is 0.744. The molecule has 0 aromatic carbocycles. The van der Waals surface area contributed by atoms with Gasteiger partial charge in [-0.15, -0.1) is 0 Å². The van der Waals surface area contributed by atoms with Crippen molar-refractivity contribution >= 4 is 5.91 Å². The van der Waals surface area contributed by atoms with Gasteiger partial charge in [-0.25, -0.2) is 4.98 Å². The van der Waals surface area contributed by atoms with E-state index in [-0.39, 0.29) is 5.91 Å². The summed E-state index contributed by atoms with van der Waals surface area (Å²) in [5.41, 5.74) is 1.46. The monoisotopic (exact) mass is 261 g/mol. The molecular weight excluding hydrogens is 238 g/mol. The average Bonchev–Trinajstić information content (AvgIpc) is 2.38. The Kier molecular flexibility index (Phi) is 4.53. The third-order valence-corrected chi connectivity index (χ3v) is 3.39. The van der Waals surface area contributed by atoms with E-state index in [2.05, 4.69) is 23.7 Å². The Hall–Kier alpha value is -1.42. The molecule has 1 aliphatic heterocycles. The quantitative estimate of drug-likeness (QED) is 0.832. The van der Waals surface area contributed by atoms with Gasteiger partial charge in [0.15, 0.2) is 0 Å². The topological polar surface area (TPSA) is 36.4 Å². The lowest BCUT2D eigenvalue weighted by molar-refractivity contribution is 0.0618. The molecule has 0 N–H and O–H groups in total. The Morgan fingerprint density at radius 1 is 1.26 bits per heavy atom. The minimum atomic E-state index is 0.0629. The van der Waals surface area contributed by atoms with Gasteiger partial charge in [0.2, 0.25) is 0 Å². The number of amides is 1. The molecule has 0 spiro atoms. The molecule has 1 fully saturated rings. The smallest absolute Gasteiger partial charge is 0.272 e. The maximum atomic E-state index is 12.3. The number of piperazine rings is 1. The number of rotatable bonds is 3. The molecule has 0 saturated carbocycles. The molecule has 4 nitrogen and oxygen atoms in total. The molecule has 104 valence electrons. The van der Waals surface area contributed by atoms with Crippen LogP contribution >= 0.6 is 0 Å². The molecule has 1 aromatic heterocycles. The number of aromatic nitrogens is 1. The van der Waals surface area contributed by atoms with Gasteiger partial charge < -0.3 is 4.90 Å². The minimum absolute atomic E-state index is 0.0629. The maximum absolute atomic E-state index is 12.3. The Balaban J connectivity index is 1.92. The number of aryl methyl sites for hydroxylation is 1. The van der Waals surface area contributed by atoms with Crippen LogP contribution in [0.3, 0.4) is 0 Å². The van der Waals surface area contributed by atoms with Crippen molar-refractivity contribution in [1.29, 1.82) is 0 Å². The summed E-state index contributed by atoms with van der Waals surface area (Å²) in [5, 5.41) is 0. The van der Waals surface area contributed by atoms with Crippen LogP contribution in [-0.2, 0) is 0 Å². The van der Waals surface area contributed by atoms with Gasteiger partial charge in [-0.2, -0.15) is 0 Å². The zero-order valence-electron chi connectivity index (χ0n) is 12.1. The first kappa shape index (κ1) is 14.0. The SMILES string of the molecule is Cc1cccc(C(=O)N2CCN(CC(C)C)CC2)n1. The molecule has 1 aromatic rings. The highest BCUT2D eigenvalue weighted by Crippen LogP contribution is 2.09. The van der Waals surface area contributed by atoms with E-state index in [1.807, 2.05) is 24.0 Å². The van der Waals surface area contributed by atoms with E-state index in [9.17, 15) is 4.79 Å². The summed E-state index contributed by atoms with van der Waals surface area (Å²) >= 11 is 0. The number of pyridine rings is 1. The van der Waals surface area contributed by atoms with Crippen LogP contribution in [0.15, 0.2) is 18.2 Å². The Labute approximate surface area is 115 Å². The van der Waals surface area contributed by atoms with Crippen molar-refractivity contribution in [3.8, 4) is 0 Å². The van der Waals surface area contributed by atoms with Gasteiger partial charge in [0, 0.05) is 38.4 Å². The first-order valence-corrected chi connectivity index (χ1v) is 7.01. The summed E-state index contributed by atoms with van der Waals surface area (Å²) in [4.78, 5) is 21.0. The molecule has 0 bridgehead atoms. The predicted octanol–water partition coefficient (Wildman–Crippen LogP) is 1.80. The highest BCUT2D eigenvalue weighted by atomic mass is 16.2. The van der Waals surface area contributed by atoms with Gasteiger partial charge >= 0.3 is 0 Å². The molecule has 0 atom stereocenters. The number of carbonyl (C=O) groups excluding carboxylic acids is 1. The van der Waals surface area contributed by atoms with Crippen molar-refractivity contribution in [3.05, 3.63) is 29.6 Å². The summed E-state index contributed by atoms with van der Waals surface area (Å²) in [7, 11) is 0. The summed E-state index contributed by atoms with van der Waals surface area (Å²) in [6.45, 7) is 11.0. The first-order chi connectivity index (χ1) is 9.06. The Morgan fingerprint density at radius 2 is 1.95 bits per heavy atom. The van der Waals surface area contributed by atoms with Crippen LogP contribution < -0.4 is 0 Å². The van der Waals surface area contributed by atoms with Crippen molar-refractivity contribution in [2.24, 2.45) is 5.92 Å². The van der Waals surface area contributed by atoms with Gasteiger partial charge in [-0.05, 0) is 25.0 Å². The third kappa shape index (κ3) is 3.77. The lowest BCUT2D eigenvalue weighted by Gasteiger charge is -2.35. The van der Waals surface area contributed by atoms with Gasteiger partial charge in [-0.1, -0.05) is 19.9 Å². The van der Waals surface area contributed by atoms with Crippen molar-refractivity contribution in [2.45, 2.75) is 20.8 Å². The predicted molar refractivity (Wildman–Crippen MR) is 76.2 cm³/mol. The molecule has 0 unspecified atom stereocenters. The Morgan fingerprint density at radius 3 is 2.53 bits per heavy atom. The summed E-state index contributed by atoms with van der Waals surface area (Å²) in [6, 6.07) is 5.61. The van der Waals surface area contributed by atoms with Crippen molar-refractivity contribution < 1.29 is 4.79 Å².